The Morgan fingerprint density at radius 3 is 2.48 bits per heavy atom. The van der Waals surface area contributed by atoms with Crippen LogP contribution in [0.15, 0.2) is 41.4 Å². The van der Waals surface area contributed by atoms with Gasteiger partial charge in [0, 0.05) is 45.8 Å². The van der Waals surface area contributed by atoms with Crippen LogP contribution in [0.1, 0.15) is 30.9 Å². The molecule has 2 aliphatic heterocycles. The number of guanidine groups is 1. The summed E-state index contributed by atoms with van der Waals surface area (Å²) in [4.78, 5) is 34.3. The van der Waals surface area contributed by atoms with E-state index in [1.165, 1.54) is 16.0 Å². The monoisotopic (exact) mass is 449 g/mol. The first-order valence-corrected chi connectivity index (χ1v) is 12.5. The Labute approximate surface area is 196 Å². The van der Waals surface area contributed by atoms with Crippen LogP contribution in [0.4, 0.5) is 0 Å². The molecule has 7 nitrogen and oxygen atoms in total. The third kappa shape index (κ3) is 4.43. The van der Waals surface area contributed by atoms with E-state index < -0.39 is 0 Å². The third-order valence-electron chi connectivity index (χ3n) is 7.65. The predicted octanol–water partition coefficient (Wildman–Crippen LogP) is 1.80. The maximum atomic E-state index is 12.8. The van der Waals surface area contributed by atoms with Crippen LogP contribution >= 0.6 is 0 Å². The molecule has 4 unspecified atom stereocenters. The minimum Gasteiger partial charge on any atom is -0.357 e. The molecule has 0 radical (unpaired) electrons. The smallest absolute Gasteiger partial charge is 0.233 e. The van der Waals surface area contributed by atoms with Crippen molar-refractivity contribution in [2.24, 2.45) is 28.7 Å². The number of carbonyl (C=O) groups excluding carboxylic acids is 2. The Morgan fingerprint density at radius 2 is 1.76 bits per heavy atom. The van der Waals surface area contributed by atoms with E-state index >= 15 is 0 Å². The van der Waals surface area contributed by atoms with Gasteiger partial charge in [-0.1, -0.05) is 36.4 Å². The Morgan fingerprint density at radius 1 is 1.03 bits per heavy atom. The van der Waals surface area contributed by atoms with E-state index in [1.54, 1.807) is 0 Å². The number of likely N-dealkylation sites (tertiary alicyclic amines) is 1. The standard InChI is InChI=1S/C26H35N5O2/c1-2-27-26(28-11-5-13-30-14-10-18-6-3-4-7-21(18)17-30)29-12-15-31-24(32)22-19-8-9-20(16-19)23(22)25(31)33/h3-4,6-9,19-20,22-23H,2,5,10-17H2,1H3,(H2,27,28,29). The molecule has 1 saturated heterocycles. The van der Waals surface area contributed by atoms with E-state index in [4.69, 9.17) is 4.99 Å². The molecule has 7 heteroatoms. The predicted molar refractivity (Wildman–Crippen MR) is 128 cm³/mol. The number of hydrogen-bond donors (Lipinski definition) is 2. The fourth-order valence-electron chi connectivity index (χ4n) is 6.04. The fourth-order valence-corrected chi connectivity index (χ4v) is 6.04. The number of fused-ring (bicyclic) bond motifs is 6. The molecule has 0 aromatic heterocycles. The molecule has 33 heavy (non-hydrogen) atoms. The molecule has 4 aliphatic rings. The summed E-state index contributed by atoms with van der Waals surface area (Å²) in [6, 6.07) is 8.72. The van der Waals surface area contributed by atoms with E-state index in [1.807, 2.05) is 6.92 Å². The number of benzene rings is 1. The van der Waals surface area contributed by atoms with Crippen molar-refractivity contribution >= 4 is 17.8 Å². The van der Waals surface area contributed by atoms with Crippen molar-refractivity contribution in [3.05, 3.63) is 47.5 Å². The normalized spacial score (nSPS) is 28.4. The van der Waals surface area contributed by atoms with Crippen molar-refractivity contribution in [2.75, 3.05) is 39.3 Å². The lowest BCUT2D eigenvalue weighted by Gasteiger charge is -2.28. The summed E-state index contributed by atoms with van der Waals surface area (Å²) in [5, 5.41) is 6.58. The van der Waals surface area contributed by atoms with Crippen molar-refractivity contribution < 1.29 is 9.59 Å². The average Bonchev–Trinajstić information content (AvgIpc) is 3.51. The van der Waals surface area contributed by atoms with E-state index in [0.29, 0.717) is 13.1 Å². The quantitative estimate of drug-likeness (QED) is 0.208. The summed E-state index contributed by atoms with van der Waals surface area (Å²) in [6.45, 7) is 7.65. The summed E-state index contributed by atoms with van der Waals surface area (Å²) in [5.74, 6) is 1.10. The molecular formula is C26H35N5O2. The number of aliphatic imine (C=N–C) groups is 1. The lowest BCUT2D eigenvalue weighted by Crippen LogP contribution is -2.43. The first kappa shape index (κ1) is 22.1. The van der Waals surface area contributed by atoms with Crippen molar-refractivity contribution in [2.45, 2.75) is 32.7 Å². The van der Waals surface area contributed by atoms with Crippen molar-refractivity contribution in [1.82, 2.24) is 20.4 Å². The molecule has 1 aromatic rings. The van der Waals surface area contributed by atoms with Gasteiger partial charge < -0.3 is 10.6 Å². The van der Waals surface area contributed by atoms with E-state index in [9.17, 15) is 9.59 Å². The van der Waals surface area contributed by atoms with Gasteiger partial charge in [0.25, 0.3) is 0 Å². The first-order chi connectivity index (χ1) is 16.2. The Hall–Kier alpha value is -2.67. The highest BCUT2D eigenvalue weighted by molar-refractivity contribution is 6.06. The lowest BCUT2D eigenvalue weighted by molar-refractivity contribution is -0.140. The van der Waals surface area contributed by atoms with Crippen LogP contribution in [0.5, 0.6) is 0 Å². The van der Waals surface area contributed by atoms with Gasteiger partial charge in [-0.05, 0) is 49.1 Å². The molecule has 2 aliphatic carbocycles. The molecule has 0 spiro atoms. The second-order valence-corrected chi connectivity index (χ2v) is 9.66. The molecule has 2 amide bonds. The molecule has 1 saturated carbocycles. The summed E-state index contributed by atoms with van der Waals surface area (Å²) in [6.07, 6.45) is 7.37. The lowest BCUT2D eigenvalue weighted by atomic mass is 9.85. The molecule has 4 atom stereocenters. The van der Waals surface area contributed by atoms with Crippen molar-refractivity contribution in [3.63, 3.8) is 0 Å². The molecule has 2 bridgehead atoms. The summed E-state index contributed by atoms with van der Waals surface area (Å²) < 4.78 is 0. The molecule has 176 valence electrons. The van der Waals surface area contributed by atoms with Gasteiger partial charge >= 0.3 is 0 Å². The SMILES string of the molecule is CCNC(=NCCCN1CCc2ccccc2C1)NCCN1C(=O)C2C3C=CC(C3)C2C1=O. The van der Waals surface area contributed by atoms with Gasteiger partial charge in [0.1, 0.15) is 0 Å². The number of hydrogen-bond acceptors (Lipinski definition) is 4. The van der Waals surface area contributed by atoms with Crippen LogP contribution in [-0.4, -0.2) is 66.8 Å². The van der Waals surface area contributed by atoms with E-state index in [-0.39, 0.29) is 35.5 Å². The van der Waals surface area contributed by atoms with Gasteiger partial charge in [0.05, 0.1) is 11.8 Å². The summed E-state index contributed by atoms with van der Waals surface area (Å²) >= 11 is 0. The zero-order chi connectivity index (χ0) is 22.8. The van der Waals surface area contributed by atoms with Crippen LogP contribution in [-0.2, 0) is 22.6 Å². The Balaban J connectivity index is 1.06. The van der Waals surface area contributed by atoms with Crippen molar-refractivity contribution in [1.29, 1.82) is 0 Å². The third-order valence-corrected chi connectivity index (χ3v) is 7.65. The van der Waals surface area contributed by atoms with Crippen LogP contribution < -0.4 is 10.6 Å². The highest BCUT2D eigenvalue weighted by atomic mass is 16.2. The van der Waals surface area contributed by atoms with E-state index in [2.05, 4.69) is 52.0 Å². The van der Waals surface area contributed by atoms with Gasteiger partial charge in [-0.25, -0.2) is 0 Å². The summed E-state index contributed by atoms with van der Waals surface area (Å²) in [7, 11) is 0. The highest BCUT2D eigenvalue weighted by Crippen LogP contribution is 2.52. The zero-order valence-corrected chi connectivity index (χ0v) is 19.5. The molecule has 1 aromatic carbocycles. The van der Waals surface area contributed by atoms with Gasteiger partial charge in [-0.3, -0.25) is 24.4 Å². The number of carbonyl (C=O) groups is 2. The maximum absolute atomic E-state index is 12.8. The number of rotatable bonds is 8. The number of nitrogens with one attached hydrogen (secondary N) is 2. The highest BCUT2D eigenvalue weighted by Gasteiger charge is 2.58. The Kier molecular flexibility index (Phi) is 6.49. The number of imide groups is 1. The van der Waals surface area contributed by atoms with Gasteiger partial charge in [0.2, 0.25) is 11.8 Å². The topological polar surface area (TPSA) is 77.0 Å². The molecular weight excluding hydrogens is 414 g/mol. The first-order valence-electron chi connectivity index (χ1n) is 12.5. The molecule has 5 rings (SSSR count). The van der Waals surface area contributed by atoms with Crippen LogP contribution in [0.2, 0.25) is 0 Å². The number of nitrogens with zero attached hydrogens (tertiary/aromatic N) is 3. The molecule has 2 fully saturated rings. The minimum atomic E-state index is -0.115. The van der Waals surface area contributed by atoms with Crippen LogP contribution in [0.3, 0.4) is 0 Å². The van der Waals surface area contributed by atoms with Crippen molar-refractivity contribution in [3.8, 4) is 0 Å². The van der Waals surface area contributed by atoms with Gasteiger partial charge in [-0.2, -0.15) is 0 Å². The largest absolute Gasteiger partial charge is 0.357 e. The second kappa shape index (κ2) is 9.67. The number of amides is 2. The van der Waals surface area contributed by atoms with Gasteiger partial charge in [0.15, 0.2) is 5.96 Å². The maximum Gasteiger partial charge on any atom is 0.233 e. The molecule has 2 N–H and O–H groups in total. The van der Waals surface area contributed by atoms with E-state index in [0.717, 1.165) is 57.9 Å². The van der Waals surface area contributed by atoms with Crippen LogP contribution in [0.25, 0.3) is 0 Å². The zero-order valence-electron chi connectivity index (χ0n) is 19.5. The minimum absolute atomic E-state index is 0.0219. The average molecular weight is 450 g/mol. The fraction of sp³-hybridized carbons (Fsp3) is 0.577. The second-order valence-electron chi connectivity index (χ2n) is 9.66. The Bertz CT molecular complexity index is 928. The van der Waals surface area contributed by atoms with Crippen LogP contribution in [0, 0.1) is 23.7 Å². The summed E-state index contributed by atoms with van der Waals surface area (Å²) in [5.41, 5.74) is 2.93. The molecule has 2 heterocycles. The van der Waals surface area contributed by atoms with Gasteiger partial charge in [-0.15, -0.1) is 0 Å². The number of allylic oxidation sites excluding steroid dienone is 2.